The fourth-order valence-corrected chi connectivity index (χ4v) is 4.44. The van der Waals surface area contributed by atoms with Crippen molar-refractivity contribution in [1.82, 2.24) is 19.5 Å². The molecular weight excluding hydrogens is 485 g/mol. The minimum atomic E-state index is -4.44. The van der Waals surface area contributed by atoms with Crippen LogP contribution >= 0.6 is 0 Å². The Kier molecular flexibility index (Phi) is 6.57. The zero-order valence-corrected chi connectivity index (χ0v) is 20.1. The van der Waals surface area contributed by atoms with Crippen LogP contribution < -0.4 is 4.74 Å². The van der Waals surface area contributed by atoms with Gasteiger partial charge in [-0.15, -0.1) is 0 Å². The van der Waals surface area contributed by atoms with E-state index in [0.29, 0.717) is 29.4 Å². The number of aromatic carboxylic acids is 1. The first-order chi connectivity index (χ1) is 17.7. The van der Waals surface area contributed by atoms with Crippen LogP contribution in [0.25, 0.3) is 22.6 Å². The number of carboxylic acids is 1. The SMILES string of the molecule is Cc1cccc(-c2nc3nc(C(=O)O)nc(OCCC4CCC4)c3n2Cc2ccc(C(F)(F)F)cc2)c1. The van der Waals surface area contributed by atoms with Crippen molar-refractivity contribution < 1.29 is 27.8 Å². The highest BCUT2D eigenvalue weighted by Crippen LogP contribution is 2.33. The Hall–Kier alpha value is -3.95. The van der Waals surface area contributed by atoms with Crippen molar-refractivity contribution in [2.24, 2.45) is 5.92 Å². The molecule has 0 saturated heterocycles. The number of carbonyl (C=O) groups is 1. The van der Waals surface area contributed by atoms with Gasteiger partial charge >= 0.3 is 12.1 Å². The maximum absolute atomic E-state index is 13.1. The third-order valence-corrected chi connectivity index (χ3v) is 6.65. The van der Waals surface area contributed by atoms with Gasteiger partial charge in [-0.25, -0.2) is 14.8 Å². The number of fused-ring (bicyclic) bond motifs is 1. The highest BCUT2D eigenvalue weighted by atomic mass is 19.4. The minimum absolute atomic E-state index is 0.0973. The Labute approximate surface area is 211 Å². The van der Waals surface area contributed by atoms with Crippen molar-refractivity contribution in [3.05, 3.63) is 71.0 Å². The summed E-state index contributed by atoms with van der Waals surface area (Å²) in [5.41, 5.74) is 2.15. The summed E-state index contributed by atoms with van der Waals surface area (Å²) in [7, 11) is 0. The lowest BCUT2D eigenvalue weighted by atomic mass is 9.83. The van der Waals surface area contributed by atoms with Gasteiger partial charge in [-0.3, -0.25) is 0 Å². The second-order valence-corrected chi connectivity index (χ2v) is 9.35. The molecule has 7 nitrogen and oxygen atoms in total. The largest absolute Gasteiger partial charge is 0.476 e. The molecule has 0 atom stereocenters. The fraction of sp³-hybridized carbons (Fsp3) is 0.333. The van der Waals surface area contributed by atoms with Crippen LogP contribution in [0.4, 0.5) is 13.2 Å². The Morgan fingerprint density at radius 3 is 2.49 bits per heavy atom. The van der Waals surface area contributed by atoms with Gasteiger partial charge < -0.3 is 14.4 Å². The topological polar surface area (TPSA) is 90.1 Å². The normalized spacial score (nSPS) is 14.1. The van der Waals surface area contributed by atoms with Crippen LogP contribution in [-0.4, -0.2) is 37.2 Å². The van der Waals surface area contributed by atoms with E-state index in [2.05, 4.69) is 15.0 Å². The average molecular weight is 511 g/mol. The molecule has 2 aromatic carbocycles. The molecule has 5 rings (SSSR count). The molecule has 10 heteroatoms. The predicted molar refractivity (Wildman–Crippen MR) is 130 cm³/mol. The van der Waals surface area contributed by atoms with Crippen LogP contribution in [0, 0.1) is 12.8 Å². The maximum atomic E-state index is 13.1. The number of halogens is 3. The Morgan fingerprint density at radius 2 is 1.86 bits per heavy atom. The molecule has 192 valence electrons. The lowest BCUT2D eigenvalue weighted by Gasteiger charge is -2.24. The van der Waals surface area contributed by atoms with E-state index < -0.39 is 23.5 Å². The number of carboxylic acid groups (broad SMARTS) is 1. The standard InChI is InChI=1S/C27H25F3N4O3/c1-16-4-2-7-19(14-16)24-32-22-21(34(24)15-18-8-10-20(11-9-18)27(28,29)30)25(33-23(31-22)26(35)36)37-13-12-17-5-3-6-17/h2,4,7-11,14,17H,3,5-6,12-13,15H2,1H3,(H,35,36). The van der Waals surface area contributed by atoms with Gasteiger partial charge in [0.25, 0.3) is 0 Å². The lowest BCUT2D eigenvalue weighted by Crippen LogP contribution is -2.16. The summed E-state index contributed by atoms with van der Waals surface area (Å²) in [6.45, 7) is 2.46. The Morgan fingerprint density at radius 1 is 1.11 bits per heavy atom. The van der Waals surface area contributed by atoms with E-state index in [4.69, 9.17) is 4.74 Å². The minimum Gasteiger partial charge on any atom is -0.476 e. The number of aryl methyl sites for hydroxylation is 1. The highest BCUT2D eigenvalue weighted by molar-refractivity contribution is 5.89. The molecular formula is C27H25F3N4O3. The molecule has 0 bridgehead atoms. The van der Waals surface area contributed by atoms with Crippen molar-refractivity contribution in [3.63, 3.8) is 0 Å². The number of rotatable bonds is 8. The van der Waals surface area contributed by atoms with Gasteiger partial charge in [-0.05, 0) is 43.0 Å². The van der Waals surface area contributed by atoms with Gasteiger partial charge in [0.15, 0.2) is 11.2 Å². The number of ether oxygens (including phenoxy) is 1. The number of aromatic nitrogens is 4. The van der Waals surface area contributed by atoms with Gasteiger partial charge in [-0.2, -0.15) is 18.2 Å². The van der Waals surface area contributed by atoms with Crippen LogP contribution in [0.15, 0.2) is 48.5 Å². The average Bonchev–Trinajstić information content (AvgIpc) is 3.18. The molecule has 0 unspecified atom stereocenters. The fourth-order valence-electron chi connectivity index (χ4n) is 4.44. The Bertz CT molecular complexity index is 1440. The van der Waals surface area contributed by atoms with E-state index >= 15 is 0 Å². The first-order valence-electron chi connectivity index (χ1n) is 12.1. The van der Waals surface area contributed by atoms with Crippen molar-refractivity contribution in [2.75, 3.05) is 6.61 Å². The molecule has 37 heavy (non-hydrogen) atoms. The maximum Gasteiger partial charge on any atom is 0.416 e. The second kappa shape index (κ2) is 9.84. The van der Waals surface area contributed by atoms with Crippen LogP contribution in [0.5, 0.6) is 5.88 Å². The smallest absolute Gasteiger partial charge is 0.416 e. The molecule has 0 amide bonds. The highest BCUT2D eigenvalue weighted by Gasteiger charge is 2.30. The third kappa shape index (κ3) is 5.28. The van der Waals surface area contributed by atoms with E-state index in [1.807, 2.05) is 31.2 Å². The molecule has 1 saturated carbocycles. The monoisotopic (exact) mass is 510 g/mol. The van der Waals surface area contributed by atoms with Gasteiger partial charge in [0.05, 0.1) is 12.2 Å². The quantitative estimate of drug-likeness (QED) is 0.306. The van der Waals surface area contributed by atoms with Gasteiger partial charge in [0.2, 0.25) is 11.7 Å². The molecule has 1 fully saturated rings. The number of imidazole rings is 1. The molecule has 4 aromatic rings. The van der Waals surface area contributed by atoms with E-state index in [-0.39, 0.29) is 18.1 Å². The zero-order valence-electron chi connectivity index (χ0n) is 20.1. The molecule has 0 spiro atoms. The van der Waals surface area contributed by atoms with E-state index in [1.54, 1.807) is 4.57 Å². The third-order valence-electron chi connectivity index (χ3n) is 6.65. The molecule has 1 N–H and O–H groups in total. The van der Waals surface area contributed by atoms with E-state index in [9.17, 15) is 23.1 Å². The summed E-state index contributed by atoms with van der Waals surface area (Å²) in [4.78, 5) is 24.7. The zero-order chi connectivity index (χ0) is 26.2. The number of hydrogen-bond donors (Lipinski definition) is 1. The summed E-state index contributed by atoms with van der Waals surface area (Å²) < 4.78 is 47.1. The summed E-state index contributed by atoms with van der Waals surface area (Å²) in [5, 5.41) is 9.58. The number of benzene rings is 2. The summed E-state index contributed by atoms with van der Waals surface area (Å²) in [6.07, 6.45) is -0.120. The number of hydrogen-bond acceptors (Lipinski definition) is 5. The van der Waals surface area contributed by atoms with Crippen molar-refractivity contribution in [1.29, 1.82) is 0 Å². The van der Waals surface area contributed by atoms with Gasteiger partial charge in [0, 0.05) is 12.1 Å². The molecule has 0 aliphatic heterocycles. The van der Waals surface area contributed by atoms with E-state index in [0.717, 1.165) is 42.5 Å². The predicted octanol–water partition coefficient (Wildman–Crippen LogP) is 6.14. The summed E-state index contributed by atoms with van der Waals surface area (Å²) >= 11 is 0. The number of nitrogens with zero attached hydrogens (tertiary/aromatic N) is 4. The van der Waals surface area contributed by atoms with Crippen LogP contribution in [0.3, 0.4) is 0 Å². The first-order valence-corrected chi connectivity index (χ1v) is 12.1. The Balaban J connectivity index is 1.62. The molecule has 2 aromatic heterocycles. The van der Waals surface area contributed by atoms with Crippen molar-refractivity contribution in [2.45, 2.75) is 45.3 Å². The van der Waals surface area contributed by atoms with E-state index in [1.165, 1.54) is 18.6 Å². The molecule has 0 radical (unpaired) electrons. The van der Waals surface area contributed by atoms with Gasteiger partial charge in [-0.1, -0.05) is 55.2 Å². The molecule has 1 aliphatic rings. The van der Waals surface area contributed by atoms with Crippen LogP contribution in [-0.2, 0) is 12.7 Å². The van der Waals surface area contributed by atoms with Crippen LogP contribution in [0.1, 0.15) is 53.0 Å². The lowest BCUT2D eigenvalue weighted by molar-refractivity contribution is -0.137. The second-order valence-electron chi connectivity index (χ2n) is 9.35. The van der Waals surface area contributed by atoms with Crippen molar-refractivity contribution in [3.8, 4) is 17.3 Å². The molecule has 1 aliphatic carbocycles. The summed E-state index contributed by atoms with van der Waals surface area (Å²) in [6, 6.07) is 12.5. The van der Waals surface area contributed by atoms with Gasteiger partial charge in [0.1, 0.15) is 5.82 Å². The molecule has 2 heterocycles. The van der Waals surface area contributed by atoms with Crippen molar-refractivity contribution >= 4 is 17.1 Å². The number of alkyl halides is 3. The van der Waals surface area contributed by atoms with Crippen LogP contribution in [0.2, 0.25) is 0 Å². The first kappa shape index (κ1) is 24.7. The summed E-state index contributed by atoms with van der Waals surface area (Å²) in [5.74, 6) is -0.572.